The third kappa shape index (κ3) is 11.3. The van der Waals surface area contributed by atoms with E-state index in [0.29, 0.717) is 30.9 Å². The van der Waals surface area contributed by atoms with E-state index in [1.54, 1.807) is 17.0 Å². The van der Waals surface area contributed by atoms with E-state index in [4.69, 9.17) is 20.4 Å². The van der Waals surface area contributed by atoms with Crippen molar-refractivity contribution in [3.63, 3.8) is 0 Å². The van der Waals surface area contributed by atoms with Gasteiger partial charge in [-0.1, -0.05) is 24.3 Å². The fourth-order valence-electron chi connectivity index (χ4n) is 7.06. The Bertz CT molecular complexity index is 1880. The lowest BCUT2D eigenvalue weighted by atomic mass is 9.81. The fourth-order valence-corrected chi connectivity index (χ4v) is 7.06. The van der Waals surface area contributed by atoms with Gasteiger partial charge in [0.05, 0.1) is 0 Å². The summed E-state index contributed by atoms with van der Waals surface area (Å²) >= 11 is 0. The summed E-state index contributed by atoms with van der Waals surface area (Å²) in [5, 5.41) is 23.8. The number of tetrazole rings is 1. The van der Waals surface area contributed by atoms with Crippen molar-refractivity contribution in [3.05, 3.63) is 72.4 Å². The number of likely N-dealkylation sites (N-methyl/N-ethyl adjacent to an activating group) is 1. The summed E-state index contributed by atoms with van der Waals surface area (Å²) in [4.78, 5) is 59.2. The highest BCUT2D eigenvalue weighted by Crippen LogP contribution is 2.33. The van der Waals surface area contributed by atoms with Crippen molar-refractivity contribution in [2.45, 2.75) is 64.5 Å². The molecule has 2 aliphatic rings. The number of H-pyrrole nitrogens is 1. The highest BCUT2D eigenvalue weighted by Gasteiger charge is 2.36. The van der Waals surface area contributed by atoms with Crippen LogP contribution in [0.2, 0.25) is 0 Å². The first kappa shape index (κ1) is 41.3. The Morgan fingerprint density at radius 3 is 2.21 bits per heavy atom. The Labute approximate surface area is 326 Å². The van der Waals surface area contributed by atoms with Gasteiger partial charge < -0.3 is 30.7 Å². The monoisotopic (exact) mass is 768 g/mol. The molecule has 6 rings (SSSR count). The van der Waals surface area contributed by atoms with E-state index in [9.17, 15) is 14.4 Å². The molecule has 4 aromatic rings. The fraction of sp³-hybridized carbons (Fsp3) is 0.450. The van der Waals surface area contributed by atoms with Crippen molar-refractivity contribution in [1.29, 1.82) is 0 Å². The number of carbonyl (C=O) groups is 4. The van der Waals surface area contributed by atoms with E-state index in [-0.39, 0.29) is 30.6 Å². The van der Waals surface area contributed by atoms with Crippen LogP contribution in [0.4, 0.5) is 16.3 Å². The molecule has 2 aromatic heterocycles. The quantitative estimate of drug-likeness (QED) is 0.159. The number of hydrogen-bond acceptors (Lipinski definition) is 11. The minimum absolute atomic E-state index is 0.147. The number of alkyl carbamates (subject to hydrolysis) is 1. The van der Waals surface area contributed by atoms with E-state index in [1.807, 2.05) is 69.4 Å². The number of piperazine rings is 1. The number of nitrogens with two attached hydrogens (primary N) is 1. The van der Waals surface area contributed by atoms with Crippen molar-refractivity contribution in [2.24, 2.45) is 17.6 Å². The van der Waals surface area contributed by atoms with Crippen molar-refractivity contribution in [3.8, 4) is 22.5 Å². The molecule has 1 aliphatic carbocycles. The molecular weight excluding hydrogens is 717 g/mol. The second-order valence-corrected chi connectivity index (χ2v) is 15.2. The van der Waals surface area contributed by atoms with Gasteiger partial charge in [0.15, 0.2) is 5.82 Å². The Kier molecular flexibility index (Phi) is 14.1. The molecule has 1 aliphatic heterocycles. The smallest absolute Gasteiger partial charge is 0.407 e. The number of benzene rings is 2. The number of rotatable bonds is 11. The topological polar surface area (TPSA) is 213 Å². The maximum atomic E-state index is 14.5. The summed E-state index contributed by atoms with van der Waals surface area (Å²) in [5.74, 6) is 0.624. The van der Waals surface area contributed by atoms with Crippen LogP contribution in [0.25, 0.3) is 22.5 Å². The van der Waals surface area contributed by atoms with Gasteiger partial charge in [0.2, 0.25) is 11.8 Å². The number of hydrogen-bond donors (Lipinski definition) is 4. The van der Waals surface area contributed by atoms with Crippen LogP contribution in [0.3, 0.4) is 0 Å². The number of aromatic amines is 1. The van der Waals surface area contributed by atoms with Crippen LogP contribution < -0.4 is 20.9 Å². The highest BCUT2D eigenvalue weighted by atomic mass is 16.6. The molecule has 1 saturated heterocycles. The maximum absolute atomic E-state index is 14.5. The van der Waals surface area contributed by atoms with Crippen molar-refractivity contribution >= 4 is 35.9 Å². The standard InChI is InChI=1S/C39H50N10O4.CH2O2/c1-39(2,3)53-38(52)42-25-27-7-11-30(12-8-27)37(51)49(32-15-13-29(14-16-32)36-43-45-46-44-36)33(35(40)50)23-26-5-9-28(10-6-26)31-17-18-41-34(24-31)48-21-19-47(4)20-22-48;2-1-3/h5-6,9-10,13-18,24,27,30,33H,7-8,11-12,19-23,25H2,1-4H3,(H2,40,50)(H,42,52)(H,43,44,45,46);1H,(H,2,3)/t27-,30-,33-;/m0./s1. The maximum Gasteiger partial charge on any atom is 0.407 e. The van der Waals surface area contributed by atoms with Gasteiger partial charge in [-0.05, 0) is 123 Å². The van der Waals surface area contributed by atoms with Crippen LogP contribution >= 0.6 is 0 Å². The molecule has 0 spiro atoms. The average Bonchev–Trinajstić information content (AvgIpc) is 3.73. The molecule has 1 saturated carbocycles. The lowest BCUT2D eigenvalue weighted by Crippen LogP contribution is -2.52. The third-order valence-corrected chi connectivity index (χ3v) is 10.1. The Morgan fingerprint density at radius 2 is 1.62 bits per heavy atom. The lowest BCUT2D eigenvalue weighted by molar-refractivity contribution is -0.127. The van der Waals surface area contributed by atoms with E-state index in [0.717, 1.165) is 67.1 Å². The second kappa shape index (κ2) is 19.1. The number of anilines is 2. The van der Waals surface area contributed by atoms with Crippen molar-refractivity contribution < 1.29 is 29.0 Å². The molecule has 16 nitrogen and oxygen atoms in total. The molecular formula is C40H52N10O6. The average molecular weight is 769 g/mol. The summed E-state index contributed by atoms with van der Waals surface area (Å²) in [5.41, 5.74) is 9.81. The number of pyridine rings is 1. The molecule has 3 amide bonds. The normalized spacial score (nSPS) is 17.8. The minimum atomic E-state index is -0.928. The minimum Gasteiger partial charge on any atom is -0.483 e. The largest absolute Gasteiger partial charge is 0.483 e. The first-order valence-corrected chi connectivity index (χ1v) is 18.8. The number of primary amides is 1. The molecule has 2 fully saturated rings. The van der Waals surface area contributed by atoms with Gasteiger partial charge in [0.1, 0.15) is 17.5 Å². The summed E-state index contributed by atoms with van der Waals surface area (Å²) in [6.45, 7) is 9.58. The molecule has 0 bridgehead atoms. The van der Waals surface area contributed by atoms with Gasteiger partial charge in [-0.3, -0.25) is 19.3 Å². The summed E-state index contributed by atoms with van der Waals surface area (Å²) < 4.78 is 5.38. The lowest BCUT2D eigenvalue weighted by Gasteiger charge is -2.36. The van der Waals surface area contributed by atoms with Crippen LogP contribution in [-0.4, -0.2) is 111 Å². The highest BCUT2D eigenvalue weighted by molar-refractivity contribution is 6.01. The van der Waals surface area contributed by atoms with Crippen molar-refractivity contribution in [2.75, 3.05) is 49.6 Å². The van der Waals surface area contributed by atoms with Gasteiger partial charge in [-0.15, -0.1) is 5.10 Å². The molecule has 2 aromatic carbocycles. The van der Waals surface area contributed by atoms with Crippen LogP contribution in [0.1, 0.15) is 52.0 Å². The molecule has 5 N–H and O–H groups in total. The predicted molar refractivity (Wildman–Crippen MR) is 212 cm³/mol. The molecule has 0 unspecified atom stereocenters. The number of amides is 3. The number of carbonyl (C=O) groups excluding carboxylic acids is 3. The van der Waals surface area contributed by atoms with Crippen LogP contribution in [0.5, 0.6) is 0 Å². The van der Waals surface area contributed by atoms with E-state index in [1.165, 1.54) is 0 Å². The first-order chi connectivity index (χ1) is 26.8. The molecule has 298 valence electrons. The Morgan fingerprint density at radius 1 is 0.982 bits per heavy atom. The zero-order valence-electron chi connectivity index (χ0n) is 32.4. The molecule has 56 heavy (non-hydrogen) atoms. The van der Waals surface area contributed by atoms with Crippen LogP contribution in [0, 0.1) is 11.8 Å². The zero-order valence-corrected chi connectivity index (χ0v) is 32.4. The Balaban J connectivity index is 0.00000194. The number of nitrogens with one attached hydrogen (secondary N) is 2. The number of ether oxygens (including phenoxy) is 1. The molecule has 1 atom stereocenters. The van der Waals surface area contributed by atoms with Crippen LogP contribution in [0.15, 0.2) is 66.9 Å². The van der Waals surface area contributed by atoms with Crippen molar-refractivity contribution in [1.82, 2.24) is 35.8 Å². The number of nitrogens with zero attached hydrogens (tertiary/aromatic N) is 7. The SMILES string of the molecule is CN1CCN(c2cc(-c3ccc(C[C@@H](C(N)=O)N(c4ccc(-c5nnn[nH]5)cc4)C(=O)[C@H]4CC[C@H](CNC(=O)OC(C)(C)C)CC4)cc3)ccn2)CC1.O=CO. The number of aromatic nitrogens is 5. The predicted octanol–water partition coefficient (Wildman–Crippen LogP) is 4.14. The number of carboxylic acid groups (broad SMARTS) is 1. The molecule has 3 heterocycles. The van der Waals surface area contributed by atoms with E-state index < -0.39 is 23.6 Å². The molecule has 0 radical (unpaired) electrons. The second-order valence-electron chi connectivity index (χ2n) is 15.2. The summed E-state index contributed by atoms with van der Waals surface area (Å²) in [6.07, 6.45) is 4.41. The summed E-state index contributed by atoms with van der Waals surface area (Å²) in [6, 6.07) is 18.5. The zero-order chi connectivity index (χ0) is 40.2. The van der Waals surface area contributed by atoms with Gasteiger partial charge >= 0.3 is 6.09 Å². The van der Waals surface area contributed by atoms with Crippen LogP contribution in [-0.2, 0) is 25.5 Å². The van der Waals surface area contributed by atoms with E-state index >= 15 is 0 Å². The van der Waals surface area contributed by atoms with E-state index in [2.05, 4.69) is 53.8 Å². The van der Waals surface area contributed by atoms with Gasteiger partial charge in [0.25, 0.3) is 6.47 Å². The molecule has 16 heteroatoms. The van der Waals surface area contributed by atoms with Gasteiger partial charge in [0, 0.05) is 62.5 Å². The third-order valence-electron chi connectivity index (χ3n) is 10.1. The van der Waals surface area contributed by atoms with Gasteiger partial charge in [-0.2, -0.15) is 0 Å². The van der Waals surface area contributed by atoms with Gasteiger partial charge in [-0.25, -0.2) is 14.9 Å². The Hall–Kier alpha value is -5.90. The first-order valence-electron chi connectivity index (χ1n) is 18.8. The summed E-state index contributed by atoms with van der Waals surface area (Å²) in [7, 11) is 2.13.